The largest absolute Gasteiger partial charge is 0.382 e. The predicted octanol–water partition coefficient (Wildman–Crippen LogP) is 2.49. The van der Waals surface area contributed by atoms with Crippen molar-refractivity contribution in [2.45, 2.75) is 52.6 Å². The maximum absolute atomic E-state index is 12.4. The number of hydrogen-bond acceptors (Lipinski definition) is 5. The van der Waals surface area contributed by atoms with E-state index in [1.807, 2.05) is 0 Å². The Bertz CT molecular complexity index is 480. The second kappa shape index (κ2) is 5.99. The maximum Gasteiger partial charge on any atom is 0.258 e. The summed E-state index contributed by atoms with van der Waals surface area (Å²) in [7, 11) is 0. The van der Waals surface area contributed by atoms with E-state index in [0.29, 0.717) is 29.4 Å². The molecule has 1 saturated carbocycles. The Morgan fingerprint density at radius 2 is 2.10 bits per heavy atom. The Morgan fingerprint density at radius 3 is 2.60 bits per heavy atom. The van der Waals surface area contributed by atoms with Crippen LogP contribution in [0.25, 0.3) is 0 Å². The zero-order chi connectivity index (χ0) is 14.9. The van der Waals surface area contributed by atoms with E-state index in [4.69, 9.17) is 5.73 Å². The van der Waals surface area contributed by atoms with Crippen LogP contribution in [0.15, 0.2) is 0 Å². The first kappa shape index (κ1) is 15.1. The Kier molecular flexibility index (Phi) is 4.52. The first-order chi connectivity index (χ1) is 9.40. The van der Waals surface area contributed by atoms with E-state index < -0.39 is 0 Å². The normalized spacial score (nSPS) is 14.9. The smallest absolute Gasteiger partial charge is 0.258 e. The highest BCUT2D eigenvalue weighted by Crippen LogP contribution is 2.33. The highest BCUT2D eigenvalue weighted by atomic mass is 32.1. The lowest BCUT2D eigenvalue weighted by Crippen LogP contribution is -2.36. The van der Waals surface area contributed by atoms with Crippen molar-refractivity contribution >= 4 is 28.3 Å². The van der Waals surface area contributed by atoms with E-state index in [1.165, 1.54) is 11.5 Å². The van der Waals surface area contributed by atoms with E-state index in [-0.39, 0.29) is 5.91 Å². The lowest BCUT2D eigenvalue weighted by atomic mass is 10.1. The van der Waals surface area contributed by atoms with Crippen LogP contribution in [0, 0.1) is 5.92 Å². The molecule has 20 heavy (non-hydrogen) atoms. The van der Waals surface area contributed by atoms with Crippen LogP contribution in [0.1, 0.15) is 50.9 Å². The SMILES string of the molecule is CC(C)CN(c1snc(N)c1C(=O)NC1CC1)C(C)C. The van der Waals surface area contributed by atoms with Gasteiger partial charge in [-0.1, -0.05) is 13.8 Å². The molecule has 1 aliphatic carbocycles. The first-order valence-corrected chi connectivity index (χ1v) is 8.00. The number of nitrogens with two attached hydrogens (primary N) is 1. The van der Waals surface area contributed by atoms with Crippen LogP contribution in [0.5, 0.6) is 0 Å². The van der Waals surface area contributed by atoms with Crippen LogP contribution in [0.2, 0.25) is 0 Å². The summed E-state index contributed by atoms with van der Waals surface area (Å²) < 4.78 is 4.19. The van der Waals surface area contributed by atoms with Gasteiger partial charge in [0, 0.05) is 18.6 Å². The number of nitrogens with zero attached hydrogens (tertiary/aromatic N) is 2. The number of hydrogen-bond donors (Lipinski definition) is 2. The molecule has 1 aromatic heterocycles. The van der Waals surface area contributed by atoms with Crippen molar-refractivity contribution in [1.29, 1.82) is 0 Å². The minimum Gasteiger partial charge on any atom is -0.382 e. The molecule has 0 spiro atoms. The third-order valence-electron chi connectivity index (χ3n) is 3.29. The molecule has 0 radical (unpaired) electrons. The van der Waals surface area contributed by atoms with E-state index in [2.05, 4.69) is 42.3 Å². The van der Waals surface area contributed by atoms with Crippen molar-refractivity contribution in [2.75, 3.05) is 17.2 Å². The summed E-state index contributed by atoms with van der Waals surface area (Å²) in [5.74, 6) is 0.779. The van der Waals surface area contributed by atoms with Gasteiger partial charge in [-0.15, -0.1) is 0 Å². The quantitative estimate of drug-likeness (QED) is 0.846. The van der Waals surface area contributed by atoms with Crippen LogP contribution in [-0.4, -0.2) is 28.9 Å². The fraction of sp³-hybridized carbons (Fsp3) is 0.714. The van der Waals surface area contributed by atoms with Crippen LogP contribution >= 0.6 is 11.5 Å². The van der Waals surface area contributed by atoms with Gasteiger partial charge in [-0.25, -0.2) is 0 Å². The third-order valence-corrected chi connectivity index (χ3v) is 4.19. The third kappa shape index (κ3) is 3.42. The second-order valence-corrected chi connectivity index (χ2v) is 6.89. The molecule has 112 valence electrons. The Balaban J connectivity index is 2.27. The summed E-state index contributed by atoms with van der Waals surface area (Å²) in [5.41, 5.74) is 6.47. The summed E-state index contributed by atoms with van der Waals surface area (Å²) in [6.07, 6.45) is 2.14. The van der Waals surface area contributed by atoms with Crippen molar-refractivity contribution in [1.82, 2.24) is 9.69 Å². The topological polar surface area (TPSA) is 71.2 Å². The fourth-order valence-electron chi connectivity index (χ4n) is 2.11. The van der Waals surface area contributed by atoms with Gasteiger partial charge in [0.15, 0.2) is 5.82 Å². The predicted molar refractivity (Wildman–Crippen MR) is 84.3 cm³/mol. The maximum atomic E-state index is 12.4. The molecule has 1 fully saturated rings. The molecule has 0 unspecified atom stereocenters. The minimum atomic E-state index is -0.0804. The van der Waals surface area contributed by atoms with Gasteiger partial charge in [-0.2, -0.15) is 4.37 Å². The average Bonchev–Trinajstić information content (AvgIpc) is 3.06. The monoisotopic (exact) mass is 296 g/mol. The van der Waals surface area contributed by atoms with E-state index in [9.17, 15) is 4.79 Å². The summed E-state index contributed by atoms with van der Waals surface area (Å²) in [6, 6.07) is 0.636. The lowest BCUT2D eigenvalue weighted by Gasteiger charge is -2.29. The number of carbonyl (C=O) groups is 1. The Labute approximate surface area is 124 Å². The molecular formula is C14H24N4OS. The minimum absolute atomic E-state index is 0.0804. The molecule has 0 saturated heterocycles. The summed E-state index contributed by atoms with van der Waals surface area (Å²) in [5, 5.41) is 3.90. The molecule has 2 rings (SSSR count). The van der Waals surface area contributed by atoms with Crippen molar-refractivity contribution in [2.24, 2.45) is 5.92 Å². The van der Waals surface area contributed by atoms with Gasteiger partial charge in [0.2, 0.25) is 0 Å². The number of rotatable bonds is 6. The van der Waals surface area contributed by atoms with Gasteiger partial charge >= 0.3 is 0 Å². The number of nitrogens with one attached hydrogen (secondary N) is 1. The number of carbonyl (C=O) groups excluding carboxylic acids is 1. The zero-order valence-corrected chi connectivity index (χ0v) is 13.5. The molecule has 1 amide bonds. The van der Waals surface area contributed by atoms with Crippen molar-refractivity contribution in [3.63, 3.8) is 0 Å². The molecule has 6 heteroatoms. The molecule has 5 nitrogen and oxygen atoms in total. The van der Waals surface area contributed by atoms with Crippen LogP contribution in [0.3, 0.4) is 0 Å². The van der Waals surface area contributed by atoms with Crippen molar-refractivity contribution in [3.05, 3.63) is 5.56 Å². The Hall–Kier alpha value is -1.30. The molecule has 3 N–H and O–H groups in total. The van der Waals surface area contributed by atoms with Gasteiger partial charge in [0.05, 0.1) is 0 Å². The van der Waals surface area contributed by atoms with E-state index in [1.54, 1.807) is 0 Å². The molecule has 1 aliphatic rings. The van der Waals surface area contributed by atoms with Crippen LogP contribution < -0.4 is 16.0 Å². The molecule has 1 heterocycles. The number of amides is 1. The van der Waals surface area contributed by atoms with Gasteiger partial charge in [-0.3, -0.25) is 4.79 Å². The van der Waals surface area contributed by atoms with Crippen molar-refractivity contribution in [3.8, 4) is 0 Å². The van der Waals surface area contributed by atoms with Gasteiger partial charge in [0.25, 0.3) is 5.91 Å². The first-order valence-electron chi connectivity index (χ1n) is 7.22. The molecular weight excluding hydrogens is 272 g/mol. The highest BCUT2D eigenvalue weighted by molar-refractivity contribution is 7.11. The summed E-state index contributed by atoms with van der Waals surface area (Å²) >= 11 is 1.32. The van der Waals surface area contributed by atoms with Crippen molar-refractivity contribution < 1.29 is 4.79 Å². The van der Waals surface area contributed by atoms with Gasteiger partial charge < -0.3 is 16.0 Å². The second-order valence-electron chi connectivity index (χ2n) is 6.14. The van der Waals surface area contributed by atoms with Crippen LogP contribution in [0.4, 0.5) is 10.8 Å². The highest BCUT2D eigenvalue weighted by Gasteiger charge is 2.29. The van der Waals surface area contributed by atoms with E-state index >= 15 is 0 Å². The lowest BCUT2D eigenvalue weighted by molar-refractivity contribution is 0.0952. The summed E-state index contributed by atoms with van der Waals surface area (Å²) in [4.78, 5) is 14.6. The van der Waals surface area contributed by atoms with E-state index in [0.717, 1.165) is 24.4 Å². The van der Waals surface area contributed by atoms with Gasteiger partial charge in [-0.05, 0) is 44.1 Å². The zero-order valence-electron chi connectivity index (χ0n) is 12.6. The van der Waals surface area contributed by atoms with Crippen LogP contribution in [-0.2, 0) is 0 Å². The Morgan fingerprint density at radius 1 is 1.45 bits per heavy atom. The molecule has 0 aliphatic heterocycles. The number of anilines is 2. The molecule has 0 bridgehead atoms. The molecule has 0 atom stereocenters. The standard InChI is InChI=1S/C14H24N4OS/c1-8(2)7-18(9(3)4)14-11(12(15)17-20-14)13(19)16-10-5-6-10/h8-10H,5-7H2,1-4H3,(H2,15,17)(H,16,19). The number of aromatic nitrogens is 1. The average molecular weight is 296 g/mol. The molecule has 0 aromatic carbocycles. The van der Waals surface area contributed by atoms with Gasteiger partial charge in [0.1, 0.15) is 10.6 Å². The fourth-order valence-corrected chi connectivity index (χ4v) is 3.06. The number of nitrogen functional groups attached to an aromatic ring is 1. The molecule has 1 aromatic rings. The summed E-state index contributed by atoms with van der Waals surface area (Å²) in [6.45, 7) is 9.48.